The van der Waals surface area contributed by atoms with E-state index in [4.69, 9.17) is 0 Å². The number of aromatic nitrogens is 3. The quantitative estimate of drug-likeness (QED) is 0.556. The van der Waals surface area contributed by atoms with Gasteiger partial charge in [0.05, 0.1) is 23.3 Å². The predicted octanol–water partition coefficient (Wildman–Crippen LogP) is 5.20. The van der Waals surface area contributed by atoms with E-state index < -0.39 is 0 Å². The highest BCUT2D eigenvalue weighted by molar-refractivity contribution is 5.69. The lowest BCUT2D eigenvalue weighted by Gasteiger charge is -2.09. The average Bonchev–Trinajstić information content (AvgIpc) is 2.97. The number of nitrogens with zero attached hydrogens (tertiary/aromatic N) is 3. The van der Waals surface area contributed by atoms with E-state index in [1.807, 2.05) is 31.5 Å². The number of rotatable bonds is 3. The molecule has 0 amide bonds. The summed E-state index contributed by atoms with van der Waals surface area (Å²) in [6, 6.07) is 15.7. The number of imidazole rings is 1. The third-order valence-electron chi connectivity index (χ3n) is 4.67. The van der Waals surface area contributed by atoms with Crippen molar-refractivity contribution < 1.29 is 5.11 Å². The molecule has 2 aromatic heterocycles. The maximum absolute atomic E-state index is 9.57. The lowest BCUT2D eigenvalue weighted by Crippen LogP contribution is -1.94. The van der Waals surface area contributed by atoms with E-state index in [9.17, 15) is 5.11 Å². The molecule has 0 radical (unpaired) electrons. The minimum Gasteiger partial charge on any atom is -0.508 e. The Morgan fingerprint density at radius 3 is 2.50 bits per heavy atom. The van der Waals surface area contributed by atoms with Crippen LogP contribution in [0.5, 0.6) is 5.75 Å². The molecule has 4 aromatic rings. The Balaban J connectivity index is 1.88. The number of aryl methyl sites for hydroxylation is 1. The lowest BCUT2D eigenvalue weighted by atomic mass is 10.00. The van der Waals surface area contributed by atoms with Crippen LogP contribution in [0.4, 0.5) is 0 Å². The molecule has 0 atom stereocenters. The van der Waals surface area contributed by atoms with Crippen LogP contribution in [0.3, 0.4) is 0 Å². The molecule has 2 heterocycles. The fourth-order valence-electron chi connectivity index (χ4n) is 3.25. The molecule has 0 spiro atoms. The number of hydrogen-bond acceptors (Lipinski definition) is 3. The Labute approximate surface area is 152 Å². The van der Waals surface area contributed by atoms with Crippen LogP contribution in [0.2, 0.25) is 0 Å². The first-order chi connectivity index (χ1) is 12.5. The zero-order valence-electron chi connectivity index (χ0n) is 15.1. The van der Waals surface area contributed by atoms with Crippen molar-refractivity contribution in [3.63, 3.8) is 0 Å². The van der Waals surface area contributed by atoms with Gasteiger partial charge in [-0.25, -0.2) is 4.98 Å². The molecule has 130 valence electrons. The zero-order valence-corrected chi connectivity index (χ0v) is 15.1. The summed E-state index contributed by atoms with van der Waals surface area (Å²) < 4.78 is 2.08. The summed E-state index contributed by atoms with van der Waals surface area (Å²) >= 11 is 0. The number of fused-ring (bicyclic) bond motifs is 1. The summed E-state index contributed by atoms with van der Waals surface area (Å²) in [5.41, 5.74) is 7.09. The van der Waals surface area contributed by atoms with Crippen LogP contribution in [0.15, 0.2) is 60.9 Å². The van der Waals surface area contributed by atoms with Gasteiger partial charge in [-0.2, -0.15) is 0 Å². The molecule has 26 heavy (non-hydrogen) atoms. The van der Waals surface area contributed by atoms with Gasteiger partial charge in [0.15, 0.2) is 5.65 Å². The van der Waals surface area contributed by atoms with Crippen LogP contribution in [-0.2, 0) is 0 Å². The third kappa shape index (κ3) is 2.84. The first-order valence-electron chi connectivity index (χ1n) is 8.77. The Hall–Kier alpha value is -3.14. The van der Waals surface area contributed by atoms with Crippen molar-refractivity contribution in [1.29, 1.82) is 0 Å². The normalized spacial score (nSPS) is 11.4. The van der Waals surface area contributed by atoms with Crippen molar-refractivity contribution in [2.75, 3.05) is 0 Å². The first-order valence-corrected chi connectivity index (χ1v) is 8.77. The second-order valence-electron chi connectivity index (χ2n) is 6.87. The van der Waals surface area contributed by atoms with Gasteiger partial charge in [-0.3, -0.25) is 9.38 Å². The molecule has 0 aliphatic carbocycles. The summed E-state index contributed by atoms with van der Waals surface area (Å²) in [6.07, 6.45) is 3.85. The minimum absolute atomic E-state index is 0.257. The molecule has 0 fully saturated rings. The van der Waals surface area contributed by atoms with Gasteiger partial charge in [-0.15, -0.1) is 0 Å². The Kier molecular flexibility index (Phi) is 3.96. The van der Waals surface area contributed by atoms with Crippen molar-refractivity contribution >= 4 is 5.65 Å². The molecule has 0 saturated heterocycles. The van der Waals surface area contributed by atoms with Gasteiger partial charge in [-0.1, -0.05) is 32.0 Å². The van der Waals surface area contributed by atoms with E-state index in [1.54, 1.807) is 12.1 Å². The number of hydrogen-bond donors (Lipinski definition) is 1. The molecule has 0 saturated carbocycles. The van der Waals surface area contributed by atoms with E-state index >= 15 is 0 Å². The molecule has 0 aliphatic rings. The minimum atomic E-state index is 0.257. The fourth-order valence-corrected chi connectivity index (χ4v) is 3.25. The van der Waals surface area contributed by atoms with Crippen molar-refractivity contribution in [3.8, 4) is 28.3 Å². The molecule has 0 bridgehead atoms. The molecule has 4 heteroatoms. The van der Waals surface area contributed by atoms with E-state index in [0.717, 1.165) is 33.9 Å². The van der Waals surface area contributed by atoms with Gasteiger partial charge in [0.2, 0.25) is 0 Å². The van der Waals surface area contributed by atoms with E-state index in [1.165, 1.54) is 5.56 Å². The van der Waals surface area contributed by atoms with E-state index in [0.29, 0.717) is 5.92 Å². The van der Waals surface area contributed by atoms with Gasteiger partial charge in [0.1, 0.15) is 5.75 Å². The van der Waals surface area contributed by atoms with Crippen LogP contribution in [0.1, 0.15) is 31.0 Å². The van der Waals surface area contributed by atoms with Crippen molar-refractivity contribution in [2.45, 2.75) is 26.7 Å². The van der Waals surface area contributed by atoms with Crippen LogP contribution in [-0.4, -0.2) is 19.5 Å². The van der Waals surface area contributed by atoms with Crippen LogP contribution < -0.4 is 0 Å². The highest BCUT2D eigenvalue weighted by atomic mass is 16.3. The van der Waals surface area contributed by atoms with Crippen LogP contribution in [0.25, 0.3) is 28.2 Å². The molecular weight excluding hydrogens is 322 g/mol. The second-order valence-corrected chi connectivity index (χ2v) is 6.87. The van der Waals surface area contributed by atoms with Gasteiger partial charge >= 0.3 is 0 Å². The number of phenolic OH excluding ortho intramolecular Hbond substituents is 1. The first kappa shape index (κ1) is 16.3. The van der Waals surface area contributed by atoms with Gasteiger partial charge in [0, 0.05) is 17.3 Å². The number of benzene rings is 2. The van der Waals surface area contributed by atoms with Crippen LogP contribution in [0, 0.1) is 6.92 Å². The molecule has 4 rings (SSSR count). The smallest absolute Gasteiger partial charge is 0.156 e. The van der Waals surface area contributed by atoms with Gasteiger partial charge in [-0.05, 0) is 48.7 Å². The highest BCUT2D eigenvalue weighted by Gasteiger charge is 2.13. The second kappa shape index (κ2) is 6.30. The summed E-state index contributed by atoms with van der Waals surface area (Å²) in [6.45, 7) is 6.38. The predicted molar refractivity (Wildman–Crippen MR) is 104 cm³/mol. The summed E-state index contributed by atoms with van der Waals surface area (Å²) in [4.78, 5) is 9.25. The van der Waals surface area contributed by atoms with Crippen LogP contribution >= 0.6 is 0 Å². The molecule has 2 aromatic carbocycles. The Bertz CT molecular complexity index is 1080. The molecule has 1 N–H and O–H groups in total. The maximum atomic E-state index is 9.57. The zero-order chi connectivity index (χ0) is 18.3. The van der Waals surface area contributed by atoms with Gasteiger partial charge in [0.25, 0.3) is 0 Å². The van der Waals surface area contributed by atoms with Crippen molar-refractivity contribution in [2.24, 2.45) is 0 Å². The topological polar surface area (TPSA) is 50.4 Å². The number of aromatic hydroxyl groups is 1. The van der Waals surface area contributed by atoms with E-state index in [-0.39, 0.29) is 5.75 Å². The van der Waals surface area contributed by atoms with Crippen molar-refractivity contribution in [1.82, 2.24) is 14.4 Å². The monoisotopic (exact) mass is 343 g/mol. The largest absolute Gasteiger partial charge is 0.508 e. The molecule has 0 aliphatic heterocycles. The maximum Gasteiger partial charge on any atom is 0.156 e. The molecule has 0 unspecified atom stereocenters. The SMILES string of the molecule is Cc1nc2cnc(-c3cccc(C(C)C)c3)cn2c1-c1ccc(O)cc1. The third-order valence-corrected chi connectivity index (χ3v) is 4.67. The average molecular weight is 343 g/mol. The standard InChI is InChI=1S/C22H21N3O/c1-14(2)17-5-4-6-18(11-17)20-13-25-21(12-23-20)24-15(3)22(25)16-7-9-19(26)10-8-16/h4-14,26H,1-3H3. The fraction of sp³-hybridized carbons (Fsp3) is 0.182. The number of phenols is 1. The Morgan fingerprint density at radius 1 is 1.00 bits per heavy atom. The van der Waals surface area contributed by atoms with Crippen molar-refractivity contribution in [3.05, 3.63) is 72.2 Å². The molecular formula is C22H21N3O. The highest BCUT2D eigenvalue weighted by Crippen LogP contribution is 2.28. The summed E-state index contributed by atoms with van der Waals surface area (Å²) in [5, 5.41) is 9.57. The van der Waals surface area contributed by atoms with E-state index in [2.05, 4.69) is 52.5 Å². The molecule has 4 nitrogen and oxygen atoms in total. The van der Waals surface area contributed by atoms with Gasteiger partial charge < -0.3 is 5.11 Å². The summed E-state index contributed by atoms with van der Waals surface area (Å²) in [5.74, 6) is 0.731. The summed E-state index contributed by atoms with van der Waals surface area (Å²) in [7, 11) is 0. The Morgan fingerprint density at radius 2 is 1.77 bits per heavy atom. The lowest BCUT2D eigenvalue weighted by molar-refractivity contribution is 0.475.